The Morgan fingerprint density at radius 1 is 1.12 bits per heavy atom. The summed E-state index contributed by atoms with van der Waals surface area (Å²) < 4.78 is 12.9. The third-order valence-corrected chi connectivity index (χ3v) is 6.05. The smallest absolute Gasteiger partial charge is 0.172 e. The van der Waals surface area contributed by atoms with Crippen LogP contribution in [0.1, 0.15) is 30.7 Å². The van der Waals surface area contributed by atoms with Crippen molar-refractivity contribution in [1.29, 1.82) is 0 Å². The third-order valence-electron chi connectivity index (χ3n) is 6.05. The maximum Gasteiger partial charge on any atom is 0.172 e. The quantitative estimate of drug-likeness (QED) is 0.396. The second-order valence-corrected chi connectivity index (χ2v) is 8.25. The summed E-state index contributed by atoms with van der Waals surface area (Å²) in [4.78, 5) is 13.5. The van der Waals surface area contributed by atoms with Gasteiger partial charge in [0.2, 0.25) is 0 Å². The van der Waals surface area contributed by atoms with E-state index in [0.717, 1.165) is 47.1 Å². The largest absolute Gasteiger partial charge is 0.490 e. The molecule has 4 aromatic rings. The van der Waals surface area contributed by atoms with E-state index >= 15 is 0 Å². The number of aliphatic hydroxyl groups excluding tert-OH is 1. The van der Waals surface area contributed by atoms with Crippen molar-refractivity contribution in [2.75, 3.05) is 20.3 Å². The van der Waals surface area contributed by atoms with Crippen molar-refractivity contribution in [3.05, 3.63) is 60.3 Å². The van der Waals surface area contributed by atoms with Crippen molar-refractivity contribution < 1.29 is 14.6 Å². The van der Waals surface area contributed by atoms with E-state index in [1.807, 2.05) is 30.3 Å². The molecule has 0 unspecified atom stereocenters. The van der Waals surface area contributed by atoms with Crippen LogP contribution in [0.3, 0.4) is 0 Å². The molecule has 3 N–H and O–H groups in total. The van der Waals surface area contributed by atoms with E-state index in [2.05, 4.69) is 15.1 Å². The van der Waals surface area contributed by atoms with Crippen LogP contribution in [0.2, 0.25) is 0 Å². The average molecular weight is 447 g/mol. The first-order chi connectivity index (χ1) is 16.1. The predicted molar refractivity (Wildman–Crippen MR) is 123 cm³/mol. The summed E-state index contributed by atoms with van der Waals surface area (Å²) in [5, 5.41) is 14.8. The fraction of sp³-hybridized carbons (Fsp3) is 0.333. The molecule has 5 rings (SSSR count). The molecule has 3 aromatic heterocycles. The van der Waals surface area contributed by atoms with Crippen LogP contribution in [0.25, 0.3) is 28.0 Å². The van der Waals surface area contributed by atoms with Gasteiger partial charge in [-0.2, -0.15) is 5.10 Å². The number of nitrogens with zero attached hydrogens (tertiary/aromatic N) is 5. The summed E-state index contributed by atoms with van der Waals surface area (Å²) in [5.74, 6) is 1.18. The molecule has 1 aromatic carbocycles. The van der Waals surface area contributed by atoms with Crippen molar-refractivity contribution in [2.45, 2.75) is 31.4 Å². The number of pyridine rings is 1. The Kier molecular flexibility index (Phi) is 5.76. The Bertz CT molecular complexity index is 1280. The van der Waals surface area contributed by atoms with Crippen molar-refractivity contribution >= 4 is 10.9 Å². The molecule has 0 spiro atoms. The van der Waals surface area contributed by atoms with Gasteiger partial charge in [-0.3, -0.25) is 9.97 Å². The SMILES string of the molecule is COCCOc1cc(-c2cccc(C3(N)CCC3)n2)cc2c1cnn2-c1cncc(CO)n1. The number of hydrogen-bond acceptors (Lipinski definition) is 8. The molecule has 0 aliphatic heterocycles. The maximum atomic E-state index is 9.46. The van der Waals surface area contributed by atoms with Gasteiger partial charge in [-0.25, -0.2) is 9.67 Å². The highest BCUT2D eigenvalue weighted by Crippen LogP contribution is 2.39. The number of ether oxygens (including phenoxy) is 2. The molecule has 0 saturated heterocycles. The third kappa shape index (κ3) is 4.06. The number of methoxy groups -OCH3 is 1. The highest BCUT2D eigenvalue weighted by molar-refractivity contribution is 5.90. The zero-order chi connectivity index (χ0) is 22.8. The van der Waals surface area contributed by atoms with E-state index in [0.29, 0.717) is 30.5 Å². The van der Waals surface area contributed by atoms with E-state index in [1.165, 1.54) is 6.20 Å². The molecule has 9 heteroatoms. The minimum Gasteiger partial charge on any atom is -0.490 e. The Morgan fingerprint density at radius 3 is 2.76 bits per heavy atom. The van der Waals surface area contributed by atoms with E-state index in [1.54, 1.807) is 24.2 Å². The van der Waals surface area contributed by atoms with Gasteiger partial charge in [-0.05, 0) is 43.5 Å². The lowest BCUT2D eigenvalue weighted by Crippen LogP contribution is -2.44. The van der Waals surface area contributed by atoms with Crippen molar-refractivity contribution in [1.82, 2.24) is 24.7 Å². The summed E-state index contributed by atoms with van der Waals surface area (Å²) >= 11 is 0. The predicted octanol–water partition coefficient (Wildman–Crippen LogP) is 2.73. The van der Waals surface area contributed by atoms with Gasteiger partial charge in [0.05, 0.1) is 65.3 Å². The zero-order valence-electron chi connectivity index (χ0n) is 18.4. The van der Waals surface area contributed by atoms with Gasteiger partial charge >= 0.3 is 0 Å². The molecule has 170 valence electrons. The second kappa shape index (κ2) is 8.86. The van der Waals surface area contributed by atoms with Crippen molar-refractivity contribution in [3.8, 4) is 22.8 Å². The Morgan fingerprint density at radius 2 is 2.00 bits per heavy atom. The molecular weight excluding hydrogens is 420 g/mol. The van der Waals surface area contributed by atoms with Gasteiger partial charge in [-0.15, -0.1) is 0 Å². The fourth-order valence-electron chi connectivity index (χ4n) is 4.04. The second-order valence-electron chi connectivity index (χ2n) is 8.25. The highest BCUT2D eigenvalue weighted by Gasteiger charge is 2.35. The van der Waals surface area contributed by atoms with Crippen LogP contribution in [0, 0.1) is 0 Å². The van der Waals surface area contributed by atoms with E-state index in [-0.39, 0.29) is 12.1 Å². The summed E-state index contributed by atoms with van der Waals surface area (Å²) in [7, 11) is 1.64. The number of aliphatic hydroxyl groups is 1. The maximum absolute atomic E-state index is 9.46. The molecule has 1 fully saturated rings. The molecule has 0 bridgehead atoms. The molecule has 1 aliphatic rings. The monoisotopic (exact) mass is 446 g/mol. The summed E-state index contributed by atoms with van der Waals surface area (Å²) in [5.41, 5.74) is 10.0. The molecule has 0 radical (unpaired) electrons. The lowest BCUT2D eigenvalue weighted by molar-refractivity contribution is 0.147. The van der Waals surface area contributed by atoms with Gasteiger partial charge in [0.1, 0.15) is 12.4 Å². The van der Waals surface area contributed by atoms with Crippen LogP contribution >= 0.6 is 0 Å². The van der Waals surface area contributed by atoms with Gasteiger partial charge in [0.15, 0.2) is 5.82 Å². The number of aromatic nitrogens is 5. The first-order valence-electron chi connectivity index (χ1n) is 10.9. The molecular formula is C24H26N6O3. The van der Waals surface area contributed by atoms with Gasteiger partial charge < -0.3 is 20.3 Å². The molecule has 33 heavy (non-hydrogen) atoms. The number of rotatable bonds is 8. The normalized spacial score (nSPS) is 14.9. The van der Waals surface area contributed by atoms with Crippen LogP contribution in [-0.2, 0) is 16.9 Å². The summed E-state index contributed by atoms with van der Waals surface area (Å²) in [6, 6.07) is 9.94. The highest BCUT2D eigenvalue weighted by atomic mass is 16.5. The van der Waals surface area contributed by atoms with Crippen LogP contribution in [0.15, 0.2) is 48.9 Å². The van der Waals surface area contributed by atoms with Crippen LogP contribution in [-0.4, -0.2) is 50.2 Å². The number of benzene rings is 1. The Hall–Kier alpha value is -3.40. The molecule has 0 atom stereocenters. The standard InChI is InChI=1S/C24H26N6O3/c1-32-8-9-33-21-11-16(19-4-2-5-22(29-19)24(25)6-3-7-24)10-20-18(21)13-27-30(20)23-14-26-12-17(15-31)28-23/h2,4-5,10-14,31H,3,6-9,15,25H2,1H3. The first-order valence-corrected chi connectivity index (χ1v) is 10.9. The molecule has 1 saturated carbocycles. The van der Waals surface area contributed by atoms with Crippen LogP contribution in [0.5, 0.6) is 5.75 Å². The first kappa shape index (κ1) is 21.4. The molecule has 0 amide bonds. The lowest BCUT2D eigenvalue weighted by Gasteiger charge is -2.37. The number of fused-ring (bicyclic) bond motifs is 1. The van der Waals surface area contributed by atoms with Gasteiger partial charge in [0.25, 0.3) is 0 Å². The molecule has 3 heterocycles. The van der Waals surface area contributed by atoms with Crippen LogP contribution in [0.4, 0.5) is 0 Å². The minimum absolute atomic E-state index is 0.200. The Balaban J connectivity index is 1.63. The van der Waals surface area contributed by atoms with Crippen molar-refractivity contribution in [3.63, 3.8) is 0 Å². The number of hydrogen-bond donors (Lipinski definition) is 2. The van der Waals surface area contributed by atoms with Crippen molar-refractivity contribution in [2.24, 2.45) is 5.73 Å². The summed E-state index contributed by atoms with van der Waals surface area (Å²) in [6.45, 7) is 0.668. The van der Waals surface area contributed by atoms with Crippen LogP contribution < -0.4 is 10.5 Å². The topological polar surface area (TPSA) is 121 Å². The average Bonchev–Trinajstić information content (AvgIpc) is 3.27. The van der Waals surface area contributed by atoms with E-state index in [9.17, 15) is 5.11 Å². The van der Waals surface area contributed by atoms with E-state index < -0.39 is 0 Å². The van der Waals surface area contributed by atoms with E-state index in [4.69, 9.17) is 20.2 Å². The minimum atomic E-state index is -0.347. The van der Waals surface area contributed by atoms with Gasteiger partial charge in [-0.1, -0.05) is 6.07 Å². The fourth-order valence-corrected chi connectivity index (χ4v) is 4.04. The number of nitrogens with two attached hydrogens (primary N) is 1. The van der Waals surface area contributed by atoms with Gasteiger partial charge in [0, 0.05) is 12.7 Å². The summed E-state index contributed by atoms with van der Waals surface area (Å²) in [6.07, 6.45) is 7.89. The lowest BCUT2D eigenvalue weighted by atomic mass is 9.75. The zero-order valence-corrected chi connectivity index (χ0v) is 18.4. The Labute approximate surface area is 191 Å². The molecule has 1 aliphatic carbocycles. The molecule has 9 nitrogen and oxygen atoms in total.